The molecule has 2 aromatic carbocycles. The molecule has 0 bridgehead atoms. The van der Waals surface area contributed by atoms with Crippen molar-refractivity contribution < 1.29 is 13.9 Å². The lowest BCUT2D eigenvalue weighted by molar-refractivity contribution is -0.123. The van der Waals surface area contributed by atoms with Crippen LogP contribution in [0.4, 0.5) is 0 Å². The number of benzene rings is 2. The number of ether oxygens (including phenoxy) is 1. The van der Waals surface area contributed by atoms with E-state index < -0.39 is 0 Å². The van der Waals surface area contributed by atoms with Gasteiger partial charge in [-0.1, -0.05) is 41.4 Å². The van der Waals surface area contributed by atoms with Gasteiger partial charge in [0.2, 0.25) is 0 Å². The molecule has 0 aliphatic carbocycles. The number of carbonyl (C=O) groups excluding carboxylic acids is 1. The molecule has 1 N–H and O–H groups in total. The van der Waals surface area contributed by atoms with Crippen molar-refractivity contribution in [1.82, 2.24) is 5.43 Å². The number of furan rings is 1. The largest absolute Gasteiger partial charge is 0.482 e. The number of hydrogen-bond donors (Lipinski definition) is 1. The molecule has 0 aliphatic rings. The first-order valence-corrected chi connectivity index (χ1v) is 11.5. The van der Waals surface area contributed by atoms with Crippen LogP contribution < -0.4 is 10.2 Å². The zero-order chi connectivity index (χ0) is 22.5. The summed E-state index contributed by atoms with van der Waals surface area (Å²) in [4.78, 5) is 12.2. The average molecular weight is 569 g/mol. The second-order valence-corrected chi connectivity index (χ2v) is 9.24. The third-order valence-electron chi connectivity index (χ3n) is 4.54. The second-order valence-electron chi connectivity index (χ2n) is 7.16. The molecule has 1 aromatic heterocycles. The lowest BCUT2D eigenvalue weighted by Crippen LogP contribution is -2.25. The van der Waals surface area contributed by atoms with Gasteiger partial charge in [0, 0.05) is 15.1 Å². The van der Waals surface area contributed by atoms with Crippen LogP contribution in [-0.4, -0.2) is 18.7 Å². The fourth-order valence-electron chi connectivity index (χ4n) is 2.82. The van der Waals surface area contributed by atoms with E-state index in [-0.39, 0.29) is 18.4 Å². The molecule has 0 unspecified atom stereocenters. The highest BCUT2D eigenvalue weighted by atomic mass is 79.9. The van der Waals surface area contributed by atoms with Crippen LogP contribution >= 0.6 is 43.5 Å². The molecule has 0 atom stereocenters. The van der Waals surface area contributed by atoms with Crippen molar-refractivity contribution in [2.45, 2.75) is 26.7 Å². The van der Waals surface area contributed by atoms with E-state index in [1.807, 2.05) is 31.2 Å². The van der Waals surface area contributed by atoms with Crippen molar-refractivity contribution in [2.75, 3.05) is 6.61 Å². The van der Waals surface area contributed by atoms with E-state index in [0.29, 0.717) is 22.3 Å². The SMILES string of the molecule is Cc1c(Br)cc(C(C)C)c(OCC(=O)N/N=C\c2ccc(-c3ccc(Cl)cc3)o2)c1Br. The Labute approximate surface area is 203 Å². The van der Waals surface area contributed by atoms with Crippen molar-refractivity contribution in [3.63, 3.8) is 0 Å². The van der Waals surface area contributed by atoms with E-state index in [1.165, 1.54) is 6.21 Å². The molecule has 1 heterocycles. The summed E-state index contributed by atoms with van der Waals surface area (Å²) in [6.45, 7) is 5.95. The fraction of sp³-hybridized carbons (Fsp3) is 0.217. The molecule has 0 saturated heterocycles. The van der Waals surface area contributed by atoms with E-state index >= 15 is 0 Å². The van der Waals surface area contributed by atoms with Gasteiger partial charge < -0.3 is 9.15 Å². The van der Waals surface area contributed by atoms with Crippen molar-refractivity contribution in [3.8, 4) is 17.1 Å². The van der Waals surface area contributed by atoms with Crippen LogP contribution in [0.1, 0.15) is 36.7 Å². The Bertz CT molecular complexity index is 1110. The Balaban J connectivity index is 1.60. The molecule has 0 saturated carbocycles. The Morgan fingerprint density at radius 3 is 2.61 bits per heavy atom. The molecule has 3 rings (SSSR count). The minimum Gasteiger partial charge on any atom is -0.482 e. The van der Waals surface area contributed by atoms with Crippen LogP contribution in [0.25, 0.3) is 11.3 Å². The quantitative estimate of drug-likeness (QED) is 0.245. The summed E-state index contributed by atoms with van der Waals surface area (Å²) in [5.41, 5.74) is 5.37. The normalized spacial score (nSPS) is 11.3. The zero-order valence-electron chi connectivity index (χ0n) is 17.2. The number of nitrogens with one attached hydrogen (secondary N) is 1. The predicted molar refractivity (Wildman–Crippen MR) is 131 cm³/mol. The first kappa shape index (κ1) is 23.6. The molecule has 8 heteroatoms. The number of halogens is 3. The predicted octanol–water partition coefficient (Wildman–Crippen LogP) is 7.09. The number of hydrazone groups is 1. The smallest absolute Gasteiger partial charge is 0.277 e. The van der Waals surface area contributed by atoms with E-state index in [0.717, 1.165) is 25.6 Å². The minimum absolute atomic E-state index is 0.162. The van der Waals surface area contributed by atoms with Gasteiger partial charge in [0.25, 0.3) is 5.91 Å². The van der Waals surface area contributed by atoms with Crippen LogP contribution in [0, 0.1) is 6.92 Å². The van der Waals surface area contributed by atoms with Gasteiger partial charge >= 0.3 is 0 Å². The van der Waals surface area contributed by atoms with Gasteiger partial charge in [-0.2, -0.15) is 5.10 Å². The Morgan fingerprint density at radius 2 is 1.94 bits per heavy atom. The summed E-state index contributed by atoms with van der Waals surface area (Å²) in [6, 6.07) is 12.9. The number of amides is 1. The van der Waals surface area contributed by atoms with Crippen molar-refractivity contribution in [3.05, 3.63) is 73.3 Å². The minimum atomic E-state index is -0.372. The Morgan fingerprint density at radius 1 is 1.23 bits per heavy atom. The summed E-state index contributed by atoms with van der Waals surface area (Å²) >= 11 is 13.0. The van der Waals surface area contributed by atoms with Crippen LogP contribution in [0.2, 0.25) is 5.02 Å². The molecule has 31 heavy (non-hydrogen) atoms. The molecule has 0 fully saturated rings. The molecule has 3 aromatic rings. The van der Waals surface area contributed by atoms with Crippen molar-refractivity contribution in [2.24, 2.45) is 5.10 Å². The summed E-state index contributed by atoms with van der Waals surface area (Å²) < 4.78 is 13.3. The highest BCUT2D eigenvalue weighted by Crippen LogP contribution is 2.40. The fourth-order valence-corrected chi connectivity index (χ4v) is 4.21. The number of hydrogen-bond acceptors (Lipinski definition) is 4. The summed E-state index contributed by atoms with van der Waals surface area (Å²) in [7, 11) is 0. The highest BCUT2D eigenvalue weighted by Gasteiger charge is 2.17. The maximum Gasteiger partial charge on any atom is 0.277 e. The van der Waals surface area contributed by atoms with E-state index in [2.05, 4.69) is 56.2 Å². The summed E-state index contributed by atoms with van der Waals surface area (Å²) in [6.07, 6.45) is 1.44. The zero-order valence-corrected chi connectivity index (χ0v) is 21.1. The highest BCUT2D eigenvalue weighted by molar-refractivity contribution is 9.11. The van der Waals surface area contributed by atoms with Gasteiger partial charge in [-0.05, 0) is 82.4 Å². The Hall–Kier alpha value is -2.09. The lowest BCUT2D eigenvalue weighted by Gasteiger charge is -2.18. The van der Waals surface area contributed by atoms with Crippen LogP contribution in [0.15, 0.2) is 60.9 Å². The third-order valence-corrected chi connectivity index (χ3v) is 6.57. The summed E-state index contributed by atoms with van der Waals surface area (Å²) in [5, 5.41) is 4.61. The number of nitrogens with zero attached hydrogens (tertiary/aromatic N) is 1. The molecule has 162 valence electrons. The van der Waals surface area contributed by atoms with Crippen LogP contribution in [0.3, 0.4) is 0 Å². The first-order valence-electron chi connectivity index (χ1n) is 9.55. The monoisotopic (exact) mass is 566 g/mol. The topological polar surface area (TPSA) is 63.8 Å². The van der Waals surface area contributed by atoms with Gasteiger partial charge in [0.15, 0.2) is 6.61 Å². The first-order chi connectivity index (χ1) is 14.8. The second kappa shape index (κ2) is 10.5. The lowest BCUT2D eigenvalue weighted by atomic mass is 10.0. The van der Waals surface area contributed by atoms with Crippen LogP contribution in [0.5, 0.6) is 5.75 Å². The van der Waals surface area contributed by atoms with E-state index in [9.17, 15) is 4.79 Å². The number of rotatable bonds is 7. The van der Waals surface area contributed by atoms with E-state index in [1.54, 1.807) is 18.2 Å². The van der Waals surface area contributed by atoms with Crippen molar-refractivity contribution >= 4 is 55.6 Å². The number of carbonyl (C=O) groups is 1. The molecule has 1 amide bonds. The molecule has 0 aliphatic heterocycles. The van der Waals surface area contributed by atoms with Gasteiger partial charge in [-0.25, -0.2) is 5.43 Å². The van der Waals surface area contributed by atoms with Crippen molar-refractivity contribution in [1.29, 1.82) is 0 Å². The standard InChI is InChI=1S/C23H21Br2ClN2O3/c1-13(2)18-10-19(24)14(3)22(25)23(18)30-12-21(29)28-27-11-17-8-9-20(31-17)15-4-6-16(26)7-5-15/h4-11,13H,12H2,1-3H3,(H,28,29)/b27-11-. The van der Waals surface area contributed by atoms with Gasteiger partial charge in [-0.15, -0.1) is 0 Å². The maximum absolute atomic E-state index is 12.2. The summed E-state index contributed by atoms with van der Waals surface area (Å²) in [5.74, 6) is 1.72. The molecular formula is C23H21Br2ClN2O3. The molecule has 0 radical (unpaired) electrons. The molecule has 0 spiro atoms. The Kier molecular flexibility index (Phi) is 7.97. The van der Waals surface area contributed by atoms with E-state index in [4.69, 9.17) is 20.8 Å². The molecular weight excluding hydrogens is 548 g/mol. The van der Waals surface area contributed by atoms with Gasteiger partial charge in [0.05, 0.1) is 10.7 Å². The average Bonchev–Trinajstić information content (AvgIpc) is 3.20. The van der Waals surface area contributed by atoms with Gasteiger partial charge in [0.1, 0.15) is 17.3 Å². The third kappa shape index (κ3) is 5.99. The molecule has 5 nitrogen and oxygen atoms in total. The van der Waals surface area contributed by atoms with Gasteiger partial charge in [-0.3, -0.25) is 4.79 Å². The van der Waals surface area contributed by atoms with Crippen LogP contribution in [-0.2, 0) is 4.79 Å². The maximum atomic E-state index is 12.2.